The number of hydrogen-bond donors (Lipinski definition) is 3. The van der Waals surface area contributed by atoms with E-state index < -0.39 is 0 Å². The number of aromatic amines is 1. The van der Waals surface area contributed by atoms with Crippen molar-refractivity contribution in [2.75, 3.05) is 13.1 Å². The average Bonchev–Trinajstić information content (AvgIpc) is 2.72. The maximum absolute atomic E-state index is 11.6. The van der Waals surface area contributed by atoms with Gasteiger partial charge in [-0.2, -0.15) is 0 Å². The fourth-order valence-electron chi connectivity index (χ4n) is 1.70. The molecule has 0 radical (unpaired) electrons. The summed E-state index contributed by atoms with van der Waals surface area (Å²) in [6.07, 6.45) is 5.53. The van der Waals surface area contributed by atoms with E-state index in [1.54, 1.807) is 18.5 Å². The topological polar surface area (TPSA) is 56.9 Å². The summed E-state index contributed by atoms with van der Waals surface area (Å²) in [4.78, 5) is 14.5. The van der Waals surface area contributed by atoms with Crippen LogP contribution in [0.2, 0.25) is 0 Å². The first-order valence-electron chi connectivity index (χ1n) is 5.00. The Morgan fingerprint density at radius 2 is 2.21 bits per heavy atom. The lowest BCUT2D eigenvalue weighted by atomic mass is 10.1. The third-order valence-corrected chi connectivity index (χ3v) is 2.53. The van der Waals surface area contributed by atoms with Gasteiger partial charge in [-0.25, -0.2) is 0 Å². The average molecular weight is 193 g/mol. The highest BCUT2D eigenvalue weighted by atomic mass is 16.1. The number of piperidine rings is 1. The van der Waals surface area contributed by atoms with Gasteiger partial charge in [0, 0.05) is 18.4 Å². The van der Waals surface area contributed by atoms with Gasteiger partial charge in [-0.1, -0.05) is 0 Å². The second-order valence-corrected chi connectivity index (χ2v) is 3.60. The van der Waals surface area contributed by atoms with Gasteiger partial charge in [0.25, 0.3) is 5.91 Å². The van der Waals surface area contributed by atoms with Gasteiger partial charge in [-0.05, 0) is 32.0 Å². The molecule has 1 aromatic rings. The lowest BCUT2D eigenvalue weighted by Crippen LogP contribution is -2.42. The largest absolute Gasteiger partial charge is 0.367 e. The molecule has 3 N–H and O–H groups in total. The first kappa shape index (κ1) is 9.27. The molecule has 76 valence electrons. The highest BCUT2D eigenvalue weighted by Gasteiger charge is 2.15. The smallest absolute Gasteiger partial charge is 0.253 e. The minimum Gasteiger partial charge on any atom is -0.367 e. The van der Waals surface area contributed by atoms with E-state index in [2.05, 4.69) is 15.6 Å². The maximum Gasteiger partial charge on any atom is 0.253 e. The number of carbonyl (C=O) groups is 1. The van der Waals surface area contributed by atoms with Crippen molar-refractivity contribution < 1.29 is 4.79 Å². The van der Waals surface area contributed by atoms with Gasteiger partial charge >= 0.3 is 0 Å². The highest BCUT2D eigenvalue weighted by molar-refractivity contribution is 5.94. The van der Waals surface area contributed by atoms with E-state index in [-0.39, 0.29) is 5.91 Å². The van der Waals surface area contributed by atoms with Crippen LogP contribution in [0.5, 0.6) is 0 Å². The van der Waals surface area contributed by atoms with Crippen LogP contribution in [-0.4, -0.2) is 30.0 Å². The molecule has 1 saturated heterocycles. The number of carbonyl (C=O) groups excluding carboxylic acids is 1. The van der Waals surface area contributed by atoms with Crippen molar-refractivity contribution in [2.45, 2.75) is 18.9 Å². The molecule has 4 heteroatoms. The van der Waals surface area contributed by atoms with Gasteiger partial charge < -0.3 is 15.6 Å². The Morgan fingerprint density at radius 1 is 1.43 bits per heavy atom. The fraction of sp³-hybridized carbons (Fsp3) is 0.500. The maximum atomic E-state index is 11.6. The van der Waals surface area contributed by atoms with Crippen LogP contribution in [-0.2, 0) is 0 Å². The van der Waals surface area contributed by atoms with Crippen molar-refractivity contribution in [2.24, 2.45) is 0 Å². The summed E-state index contributed by atoms with van der Waals surface area (Å²) in [5.41, 5.74) is 0.712. The zero-order chi connectivity index (χ0) is 9.80. The van der Waals surface area contributed by atoms with Gasteiger partial charge in [0.05, 0.1) is 5.56 Å². The van der Waals surface area contributed by atoms with E-state index in [1.165, 1.54) is 0 Å². The van der Waals surface area contributed by atoms with E-state index in [4.69, 9.17) is 0 Å². The monoisotopic (exact) mass is 193 g/mol. The Hall–Kier alpha value is -1.29. The van der Waals surface area contributed by atoms with E-state index in [0.29, 0.717) is 11.6 Å². The number of amides is 1. The first-order chi connectivity index (χ1) is 6.86. The molecule has 2 heterocycles. The van der Waals surface area contributed by atoms with Crippen molar-refractivity contribution in [1.82, 2.24) is 15.6 Å². The Morgan fingerprint density at radius 3 is 2.86 bits per heavy atom. The molecule has 1 fully saturated rings. The Labute approximate surface area is 83.1 Å². The van der Waals surface area contributed by atoms with Crippen LogP contribution in [0.1, 0.15) is 23.2 Å². The van der Waals surface area contributed by atoms with Crippen LogP contribution < -0.4 is 10.6 Å². The third kappa shape index (κ3) is 2.14. The van der Waals surface area contributed by atoms with E-state index in [9.17, 15) is 4.79 Å². The highest BCUT2D eigenvalue weighted by Crippen LogP contribution is 2.04. The molecular formula is C10H15N3O. The Kier molecular flexibility index (Phi) is 2.84. The quantitative estimate of drug-likeness (QED) is 0.640. The van der Waals surface area contributed by atoms with Gasteiger partial charge in [-0.15, -0.1) is 0 Å². The van der Waals surface area contributed by atoms with Crippen molar-refractivity contribution in [3.05, 3.63) is 24.0 Å². The number of rotatable bonds is 2. The Balaban J connectivity index is 1.87. The third-order valence-electron chi connectivity index (χ3n) is 2.53. The van der Waals surface area contributed by atoms with Gasteiger partial charge in [0.1, 0.15) is 0 Å². The number of aromatic nitrogens is 1. The molecule has 1 aliphatic heterocycles. The molecule has 0 aliphatic carbocycles. The van der Waals surface area contributed by atoms with Crippen LogP contribution in [0.25, 0.3) is 0 Å². The predicted octanol–water partition coefficient (Wildman–Crippen LogP) is 0.496. The predicted molar refractivity (Wildman–Crippen MR) is 54.2 cm³/mol. The van der Waals surface area contributed by atoms with Gasteiger partial charge in [0.2, 0.25) is 0 Å². The lowest BCUT2D eigenvalue weighted by Gasteiger charge is -2.23. The normalized spacial score (nSPS) is 18.0. The SMILES string of the molecule is O=C(NC1CCNCC1)c1cc[nH]c1. The summed E-state index contributed by atoms with van der Waals surface area (Å²) in [5, 5.41) is 6.29. The number of nitrogens with one attached hydrogen (secondary N) is 3. The summed E-state index contributed by atoms with van der Waals surface area (Å²) in [7, 11) is 0. The molecule has 2 rings (SSSR count). The van der Waals surface area contributed by atoms with Crippen molar-refractivity contribution in [1.29, 1.82) is 0 Å². The molecule has 0 aromatic carbocycles. The van der Waals surface area contributed by atoms with Gasteiger partial charge in [-0.3, -0.25) is 4.79 Å². The number of hydrogen-bond acceptors (Lipinski definition) is 2. The van der Waals surface area contributed by atoms with E-state index in [1.807, 2.05) is 0 Å². The van der Waals surface area contributed by atoms with Crippen LogP contribution in [0.4, 0.5) is 0 Å². The summed E-state index contributed by atoms with van der Waals surface area (Å²) in [6.45, 7) is 2.00. The number of H-pyrrole nitrogens is 1. The lowest BCUT2D eigenvalue weighted by molar-refractivity contribution is 0.0930. The van der Waals surface area contributed by atoms with E-state index >= 15 is 0 Å². The first-order valence-corrected chi connectivity index (χ1v) is 5.00. The second-order valence-electron chi connectivity index (χ2n) is 3.60. The van der Waals surface area contributed by atoms with Gasteiger partial charge in [0.15, 0.2) is 0 Å². The Bertz CT molecular complexity index is 288. The minimum absolute atomic E-state index is 0.0261. The van der Waals surface area contributed by atoms with Crippen LogP contribution >= 0.6 is 0 Å². The summed E-state index contributed by atoms with van der Waals surface area (Å²) in [6, 6.07) is 2.12. The van der Waals surface area contributed by atoms with Crippen LogP contribution in [0.3, 0.4) is 0 Å². The summed E-state index contributed by atoms with van der Waals surface area (Å²) < 4.78 is 0. The molecule has 0 saturated carbocycles. The van der Waals surface area contributed by atoms with Crippen molar-refractivity contribution in [3.63, 3.8) is 0 Å². The molecule has 1 aliphatic rings. The zero-order valence-electron chi connectivity index (χ0n) is 8.05. The molecule has 1 amide bonds. The van der Waals surface area contributed by atoms with Crippen molar-refractivity contribution >= 4 is 5.91 Å². The van der Waals surface area contributed by atoms with Crippen LogP contribution in [0.15, 0.2) is 18.5 Å². The molecule has 14 heavy (non-hydrogen) atoms. The van der Waals surface area contributed by atoms with E-state index in [0.717, 1.165) is 25.9 Å². The minimum atomic E-state index is 0.0261. The molecule has 1 aromatic heterocycles. The molecule has 0 bridgehead atoms. The van der Waals surface area contributed by atoms with Crippen molar-refractivity contribution in [3.8, 4) is 0 Å². The fourth-order valence-corrected chi connectivity index (χ4v) is 1.70. The summed E-state index contributed by atoms with van der Waals surface area (Å²) in [5.74, 6) is 0.0261. The standard InChI is InChI=1S/C10H15N3O/c14-10(8-1-4-12-7-8)13-9-2-5-11-6-3-9/h1,4,7,9,11-12H,2-3,5-6H2,(H,13,14). The summed E-state index contributed by atoms with van der Waals surface area (Å²) >= 11 is 0. The van der Waals surface area contributed by atoms with Crippen LogP contribution in [0, 0.1) is 0 Å². The molecule has 4 nitrogen and oxygen atoms in total. The molecule has 0 atom stereocenters. The second kappa shape index (κ2) is 4.28. The molecule has 0 unspecified atom stereocenters. The zero-order valence-corrected chi connectivity index (χ0v) is 8.05. The molecular weight excluding hydrogens is 178 g/mol. The molecule has 0 spiro atoms.